The van der Waals surface area contributed by atoms with Crippen LogP contribution in [0.3, 0.4) is 0 Å². The molecule has 0 spiro atoms. The highest BCUT2D eigenvalue weighted by Crippen LogP contribution is 2.22. The summed E-state index contributed by atoms with van der Waals surface area (Å²) in [6, 6.07) is 4.88. The maximum Gasteiger partial charge on any atom is 0.0544 e. The number of rotatable bonds is 3. The lowest BCUT2D eigenvalue weighted by molar-refractivity contribution is 0.251. The van der Waals surface area contributed by atoms with Gasteiger partial charge in [0.15, 0.2) is 0 Å². The Labute approximate surface area is 104 Å². The highest BCUT2D eigenvalue weighted by atomic mass is 79.9. The van der Waals surface area contributed by atoms with Gasteiger partial charge in [-0.1, -0.05) is 0 Å². The topological polar surface area (TPSA) is 16.1 Å². The molecule has 1 aliphatic rings. The van der Waals surface area contributed by atoms with Gasteiger partial charge in [0, 0.05) is 29.0 Å². The molecule has 2 nitrogen and oxygen atoms in total. The number of halogens is 1. The summed E-state index contributed by atoms with van der Waals surface area (Å²) in [5.74, 6) is 2.58. The second-order valence-corrected chi connectivity index (χ2v) is 5.97. The van der Waals surface area contributed by atoms with Gasteiger partial charge >= 0.3 is 0 Å². The van der Waals surface area contributed by atoms with Crippen LogP contribution in [-0.2, 0) is 6.54 Å². The molecule has 1 atom stereocenters. The van der Waals surface area contributed by atoms with Crippen LogP contribution in [0.4, 0.5) is 0 Å². The van der Waals surface area contributed by atoms with Crippen molar-refractivity contribution in [3.8, 4) is 0 Å². The largest absolute Gasteiger partial charge is 0.297 e. The van der Waals surface area contributed by atoms with Crippen LogP contribution in [0, 0.1) is 0 Å². The van der Waals surface area contributed by atoms with Gasteiger partial charge in [-0.05, 0) is 47.3 Å². The summed E-state index contributed by atoms with van der Waals surface area (Å²) in [6.07, 6.45) is 3.18. The molecular formula is C11H15BrN2S. The molecule has 1 aliphatic heterocycles. The van der Waals surface area contributed by atoms with Crippen LogP contribution in [0.2, 0.25) is 0 Å². The summed E-state index contributed by atoms with van der Waals surface area (Å²) < 4.78 is 1.05. The molecule has 15 heavy (non-hydrogen) atoms. The normalized spacial score (nSPS) is 21.1. The van der Waals surface area contributed by atoms with Crippen molar-refractivity contribution < 1.29 is 0 Å². The number of nitrogens with zero attached hydrogens (tertiary/aromatic N) is 2. The van der Waals surface area contributed by atoms with E-state index in [0.717, 1.165) is 22.8 Å². The van der Waals surface area contributed by atoms with Crippen LogP contribution in [0.5, 0.6) is 0 Å². The van der Waals surface area contributed by atoms with Crippen LogP contribution < -0.4 is 0 Å². The monoisotopic (exact) mass is 286 g/mol. The average molecular weight is 287 g/mol. The molecule has 1 saturated heterocycles. The van der Waals surface area contributed by atoms with Gasteiger partial charge in [0.1, 0.15) is 0 Å². The number of thioether (sulfide) groups is 1. The van der Waals surface area contributed by atoms with E-state index in [0.29, 0.717) is 0 Å². The third kappa shape index (κ3) is 3.20. The Morgan fingerprint density at radius 1 is 1.60 bits per heavy atom. The van der Waals surface area contributed by atoms with E-state index in [-0.39, 0.29) is 0 Å². The van der Waals surface area contributed by atoms with Crippen LogP contribution in [0.15, 0.2) is 22.8 Å². The Balaban J connectivity index is 1.92. The lowest BCUT2D eigenvalue weighted by Gasteiger charge is -2.22. The molecule has 0 saturated carbocycles. The average Bonchev–Trinajstić information content (AvgIpc) is 2.74. The van der Waals surface area contributed by atoms with Gasteiger partial charge in [-0.15, -0.1) is 0 Å². The van der Waals surface area contributed by atoms with E-state index in [2.05, 4.69) is 56.8 Å². The first-order valence-electron chi connectivity index (χ1n) is 5.14. The molecule has 0 bridgehead atoms. The summed E-state index contributed by atoms with van der Waals surface area (Å²) in [5, 5.41) is 0. The molecule has 1 unspecified atom stereocenters. The minimum absolute atomic E-state index is 0.737. The predicted molar refractivity (Wildman–Crippen MR) is 69.1 cm³/mol. The Morgan fingerprint density at radius 3 is 3.07 bits per heavy atom. The van der Waals surface area contributed by atoms with Gasteiger partial charge in [-0.2, -0.15) is 11.8 Å². The second kappa shape index (κ2) is 5.32. The van der Waals surface area contributed by atoms with E-state index in [1.807, 2.05) is 6.20 Å². The van der Waals surface area contributed by atoms with Crippen molar-refractivity contribution in [3.05, 3.63) is 28.5 Å². The zero-order chi connectivity index (χ0) is 10.7. The number of hydrogen-bond acceptors (Lipinski definition) is 3. The van der Waals surface area contributed by atoms with Gasteiger partial charge in [-0.3, -0.25) is 9.88 Å². The molecule has 0 aliphatic carbocycles. The van der Waals surface area contributed by atoms with E-state index in [1.54, 1.807) is 0 Å². The molecule has 0 aromatic carbocycles. The first kappa shape index (κ1) is 11.4. The van der Waals surface area contributed by atoms with E-state index in [1.165, 1.54) is 17.9 Å². The molecule has 1 aromatic heterocycles. The smallest absolute Gasteiger partial charge is 0.0544 e. The van der Waals surface area contributed by atoms with Crippen LogP contribution in [-0.4, -0.2) is 34.5 Å². The van der Waals surface area contributed by atoms with Crippen molar-refractivity contribution in [1.82, 2.24) is 9.88 Å². The van der Waals surface area contributed by atoms with Gasteiger partial charge in [0.25, 0.3) is 0 Å². The Bertz CT molecular complexity index is 309. The van der Waals surface area contributed by atoms with Crippen molar-refractivity contribution in [2.24, 2.45) is 0 Å². The van der Waals surface area contributed by atoms with Gasteiger partial charge in [0.2, 0.25) is 0 Å². The molecule has 0 amide bonds. The van der Waals surface area contributed by atoms with E-state index in [4.69, 9.17) is 0 Å². The van der Waals surface area contributed by atoms with Crippen LogP contribution in [0.25, 0.3) is 0 Å². The first-order chi connectivity index (χ1) is 7.25. The maximum absolute atomic E-state index is 4.39. The standard InChI is InChI=1S/C11H15BrN2S/c1-14(11-4-5-15-8-11)7-10-3-2-9(12)6-13-10/h2-3,6,11H,4-5,7-8H2,1H3. The summed E-state index contributed by atoms with van der Waals surface area (Å²) in [6.45, 7) is 0.957. The molecule has 82 valence electrons. The van der Waals surface area contributed by atoms with E-state index < -0.39 is 0 Å². The van der Waals surface area contributed by atoms with Gasteiger partial charge in [-0.25, -0.2) is 0 Å². The molecule has 2 rings (SSSR count). The van der Waals surface area contributed by atoms with Crippen molar-refractivity contribution in [1.29, 1.82) is 0 Å². The minimum atomic E-state index is 0.737. The second-order valence-electron chi connectivity index (χ2n) is 3.90. The van der Waals surface area contributed by atoms with Crippen LogP contribution >= 0.6 is 27.7 Å². The fraction of sp³-hybridized carbons (Fsp3) is 0.545. The molecule has 1 fully saturated rings. The van der Waals surface area contributed by atoms with E-state index >= 15 is 0 Å². The lowest BCUT2D eigenvalue weighted by atomic mass is 10.2. The predicted octanol–water partition coefficient (Wildman–Crippen LogP) is 2.78. The Hall–Kier alpha value is -0.0600. The minimum Gasteiger partial charge on any atom is -0.297 e. The van der Waals surface area contributed by atoms with Crippen molar-refractivity contribution >= 4 is 27.7 Å². The zero-order valence-electron chi connectivity index (χ0n) is 8.82. The molecule has 0 radical (unpaired) electrons. The summed E-state index contributed by atoms with van der Waals surface area (Å²) >= 11 is 5.45. The molecule has 2 heterocycles. The maximum atomic E-state index is 4.39. The fourth-order valence-electron chi connectivity index (χ4n) is 1.75. The van der Waals surface area contributed by atoms with Gasteiger partial charge < -0.3 is 0 Å². The summed E-state index contributed by atoms with van der Waals surface area (Å²) in [5.41, 5.74) is 1.15. The number of aromatic nitrogens is 1. The molecule has 0 N–H and O–H groups in total. The Kier molecular flexibility index (Phi) is 4.05. The zero-order valence-corrected chi connectivity index (χ0v) is 11.2. The van der Waals surface area contributed by atoms with E-state index in [9.17, 15) is 0 Å². The Morgan fingerprint density at radius 2 is 2.47 bits per heavy atom. The highest BCUT2D eigenvalue weighted by Gasteiger charge is 2.19. The number of pyridine rings is 1. The molecule has 4 heteroatoms. The van der Waals surface area contributed by atoms with Crippen molar-refractivity contribution in [2.45, 2.75) is 19.0 Å². The van der Waals surface area contributed by atoms with Gasteiger partial charge in [0.05, 0.1) is 5.69 Å². The van der Waals surface area contributed by atoms with Crippen LogP contribution in [0.1, 0.15) is 12.1 Å². The molecule has 1 aromatic rings. The third-order valence-corrected chi connectivity index (χ3v) is 4.34. The third-order valence-electron chi connectivity index (χ3n) is 2.73. The first-order valence-corrected chi connectivity index (χ1v) is 7.09. The number of hydrogen-bond donors (Lipinski definition) is 0. The van der Waals surface area contributed by atoms with Crippen molar-refractivity contribution in [3.63, 3.8) is 0 Å². The summed E-state index contributed by atoms with van der Waals surface area (Å²) in [7, 11) is 2.19. The van der Waals surface area contributed by atoms with Crippen molar-refractivity contribution in [2.75, 3.05) is 18.6 Å². The quantitative estimate of drug-likeness (QED) is 0.850. The lowest BCUT2D eigenvalue weighted by Crippen LogP contribution is -2.31. The fourth-order valence-corrected chi connectivity index (χ4v) is 3.29. The highest BCUT2D eigenvalue weighted by molar-refractivity contribution is 9.10. The molecular weight excluding hydrogens is 272 g/mol. The summed E-state index contributed by atoms with van der Waals surface area (Å²) in [4.78, 5) is 6.81. The SMILES string of the molecule is CN(Cc1ccc(Br)cn1)C1CCSC1.